The van der Waals surface area contributed by atoms with Crippen LogP contribution in [0.3, 0.4) is 0 Å². The van der Waals surface area contributed by atoms with Crippen LogP contribution in [0.25, 0.3) is 0 Å². The largest absolute Gasteiger partial charge is 0.381 e. The Morgan fingerprint density at radius 3 is 2.67 bits per heavy atom. The molecule has 126 valence electrons. The van der Waals surface area contributed by atoms with Crippen LogP contribution >= 0.6 is 0 Å². The first kappa shape index (κ1) is 14.9. The van der Waals surface area contributed by atoms with Crippen LogP contribution in [0.5, 0.6) is 0 Å². The van der Waals surface area contributed by atoms with E-state index in [2.05, 4.69) is 15.4 Å². The molecule has 3 N–H and O–H groups in total. The number of hydrogen-bond donors (Lipinski definition) is 3. The Hall–Kier alpha value is -2.61. The van der Waals surface area contributed by atoms with Gasteiger partial charge in [-0.3, -0.25) is 24.2 Å². The van der Waals surface area contributed by atoms with Gasteiger partial charge in [-0.1, -0.05) is 6.07 Å². The monoisotopic (exact) mass is 330 g/mol. The fourth-order valence-corrected chi connectivity index (χ4v) is 3.58. The van der Waals surface area contributed by atoms with Crippen molar-refractivity contribution in [3.8, 4) is 0 Å². The number of pyridine rings is 1. The van der Waals surface area contributed by atoms with Crippen LogP contribution in [0.2, 0.25) is 0 Å². The van der Waals surface area contributed by atoms with Crippen molar-refractivity contribution in [3.63, 3.8) is 0 Å². The molecule has 2 aromatic rings. The van der Waals surface area contributed by atoms with Crippen molar-refractivity contribution in [2.75, 3.05) is 18.5 Å². The molecule has 0 bridgehead atoms. The summed E-state index contributed by atoms with van der Waals surface area (Å²) in [6.07, 6.45) is 3.15. The first-order chi connectivity index (χ1) is 11.6. The number of aromatic amines is 2. The highest BCUT2D eigenvalue weighted by molar-refractivity contribution is 5.94. The van der Waals surface area contributed by atoms with Crippen molar-refractivity contribution >= 4 is 11.7 Å². The summed E-state index contributed by atoms with van der Waals surface area (Å²) in [5.41, 5.74) is 0.354. The summed E-state index contributed by atoms with van der Waals surface area (Å²) in [4.78, 5) is 39.5. The Kier molecular flexibility index (Phi) is 3.61. The molecule has 0 unspecified atom stereocenters. The Morgan fingerprint density at radius 2 is 1.92 bits per heavy atom. The number of rotatable bonds is 2. The van der Waals surface area contributed by atoms with E-state index in [1.807, 2.05) is 0 Å². The van der Waals surface area contributed by atoms with Gasteiger partial charge in [0.05, 0.1) is 11.6 Å². The van der Waals surface area contributed by atoms with Crippen LogP contribution in [0.4, 0.5) is 5.82 Å². The van der Waals surface area contributed by atoms with Crippen LogP contribution in [0.1, 0.15) is 42.3 Å². The Morgan fingerprint density at radius 1 is 1.12 bits per heavy atom. The highest BCUT2D eigenvalue weighted by Crippen LogP contribution is 2.35. The fourth-order valence-electron chi connectivity index (χ4n) is 3.58. The standard InChI is InChI=1S/C16H18N4O4/c21-12-8-11(10-2-1-5-17-15(10)22)13-14(18-12)20(19-16(13)23)9-3-6-24-7-4-9/h1-2,5,9,11H,3-4,6-8H2,(H,17,22)(H,18,21)(H,19,23)/t11-/m0/s1. The van der Waals surface area contributed by atoms with Gasteiger partial charge in [-0.05, 0) is 18.9 Å². The number of amides is 1. The SMILES string of the molecule is O=C1C[C@@H](c2ccc[nH]c2=O)c2c(n(C3CCOCC3)[nH]c2=O)N1. The lowest BCUT2D eigenvalue weighted by molar-refractivity contribution is -0.116. The molecular formula is C16H18N4O4. The Balaban J connectivity index is 1.84. The molecule has 1 atom stereocenters. The zero-order valence-corrected chi connectivity index (χ0v) is 13.0. The molecule has 24 heavy (non-hydrogen) atoms. The molecule has 1 amide bonds. The molecule has 8 heteroatoms. The number of aromatic nitrogens is 3. The molecule has 1 fully saturated rings. The van der Waals surface area contributed by atoms with Crippen molar-refractivity contribution in [2.45, 2.75) is 31.2 Å². The first-order valence-corrected chi connectivity index (χ1v) is 8.04. The number of hydrogen-bond acceptors (Lipinski definition) is 4. The van der Waals surface area contributed by atoms with E-state index in [1.165, 1.54) is 6.20 Å². The maximum Gasteiger partial charge on any atom is 0.270 e. The molecule has 4 rings (SSSR count). The van der Waals surface area contributed by atoms with Crippen molar-refractivity contribution in [1.82, 2.24) is 14.8 Å². The number of anilines is 1. The lowest BCUT2D eigenvalue weighted by Gasteiger charge is -2.27. The van der Waals surface area contributed by atoms with E-state index in [9.17, 15) is 14.4 Å². The van der Waals surface area contributed by atoms with Gasteiger partial charge in [-0.15, -0.1) is 0 Å². The minimum absolute atomic E-state index is 0.0725. The highest BCUT2D eigenvalue weighted by atomic mass is 16.5. The van der Waals surface area contributed by atoms with E-state index in [-0.39, 0.29) is 29.5 Å². The third-order valence-corrected chi connectivity index (χ3v) is 4.74. The molecule has 8 nitrogen and oxygen atoms in total. The third kappa shape index (κ3) is 2.39. The van der Waals surface area contributed by atoms with Gasteiger partial charge in [-0.25, -0.2) is 0 Å². The number of carbonyl (C=O) groups excluding carboxylic acids is 1. The summed E-state index contributed by atoms with van der Waals surface area (Å²) in [5.74, 6) is -0.254. The zero-order valence-electron chi connectivity index (χ0n) is 13.0. The van der Waals surface area contributed by atoms with E-state index in [4.69, 9.17) is 4.74 Å². The molecule has 2 aliphatic rings. The summed E-state index contributed by atoms with van der Waals surface area (Å²) < 4.78 is 7.10. The Bertz CT molecular complexity index is 888. The number of H-pyrrole nitrogens is 2. The summed E-state index contributed by atoms with van der Waals surface area (Å²) in [5, 5.41) is 5.65. The lowest BCUT2D eigenvalue weighted by Crippen LogP contribution is -2.30. The molecule has 0 aromatic carbocycles. The molecule has 0 radical (unpaired) electrons. The molecule has 2 aliphatic heterocycles. The molecule has 2 aromatic heterocycles. The average molecular weight is 330 g/mol. The predicted octanol–water partition coefficient (Wildman–Crippen LogP) is 0.690. The topological polar surface area (TPSA) is 109 Å². The minimum Gasteiger partial charge on any atom is -0.381 e. The highest BCUT2D eigenvalue weighted by Gasteiger charge is 2.35. The van der Waals surface area contributed by atoms with Gasteiger partial charge in [-0.2, -0.15) is 0 Å². The number of fused-ring (bicyclic) bond motifs is 1. The molecule has 1 saturated heterocycles. The third-order valence-electron chi connectivity index (χ3n) is 4.74. The molecule has 0 spiro atoms. The van der Waals surface area contributed by atoms with Crippen molar-refractivity contribution < 1.29 is 9.53 Å². The second-order valence-corrected chi connectivity index (χ2v) is 6.18. The van der Waals surface area contributed by atoms with Crippen molar-refractivity contribution in [1.29, 1.82) is 0 Å². The normalized spacial score (nSPS) is 21.3. The van der Waals surface area contributed by atoms with Crippen molar-refractivity contribution in [3.05, 3.63) is 50.2 Å². The average Bonchev–Trinajstić information content (AvgIpc) is 2.92. The smallest absolute Gasteiger partial charge is 0.270 e. The number of nitrogens with zero attached hydrogens (tertiary/aromatic N) is 1. The van der Waals surface area contributed by atoms with Gasteiger partial charge >= 0.3 is 0 Å². The summed E-state index contributed by atoms with van der Waals surface area (Å²) in [6, 6.07) is 3.44. The number of carbonyl (C=O) groups is 1. The Labute approximate surface area is 136 Å². The van der Waals surface area contributed by atoms with Crippen LogP contribution in [0, 0.1) is 0 Å². The summed E-state index contributed by atoms with van der Waals surface area (Å²) in [6.45, 7) is 1.24. The van der Waals surface area contributed by atoms with E-state index >= 15 is 0 Å². The van der Waals surface area contributed by atoms with Gasteiger partial charge in [0, 0.05) is 37.3 Å². The minimum atomic E-state index is -0.538. The molecule has 4 heterocycles. The second-order valence-electron chi connectivity index (χ2n) is 6.18. The summed E-state index contributed by atoms with van der Waals surface area (Å²) >= 11 is 0. The maximum absolute atomic E-state index is 12.6. The maximum atomic E-state index is 12.6. The number of nitrogens with one attached hydrogen (secondary N) is 3. The first-order valence-electron chi connectivity index (χ1n) is 8.04. The van der Waals surface area contributed by atoms with Gasteiger partial charge in [0.25, 0.3) is 11.1 Å². The van der Waals surface area contributed by atoms with Gasteiger partial charge in [0.15, 0.2) is 0 Å². The fraction of sp³-hybridized carbons (Fsp3) is 0.438. The van der Waals surface area contributed by atoms with Crippen LogP contribution in [0.15, 0.2) is 27.9 Å². The van der Waals surface area contributed by atoms with E-state index in [0.29, 0.717) is 30.2 Å². The quantitative estimate of drug-likeness (QED) is 0.752. The van der Waals surface area contributed by atoms with Gasteiger partial charge < -0.3 is 15.0 Å². The predicted molar refractivity (Wildman–Crippen MR) is 86.3 cm³/mol. The molecule has 0 saturated carbocycles. The van der Waals surface area contributed by atoms with Gasteiger partial charge in [0.1, 0.15) is 5.82 Å². The van der Waals surface area contributed by atoms with E-state index in [1.54, 1.807) is 16.8 Å². The van der Waals surface area contributed by atoms with Crippen LogP contribution < -0.4 is 16.4 Å². The van der Waals surface area contributed by atoms with E-state index < -0.39 is 5.92 Å². The van der Waals surface area contributed by atoms with E-state index in [0.717, 1.165) is 12.8 Å². The molecule has 0 aliphatic carbocycles. The zero-order chi connectivity index (χ0) is 16.7. The van der Waals surface area contributed by atoms with Crippen LogP contribution in [-0.2, 0) is 9.53 Å². The lowest BCUT2D eigenvalue weighted by atomic mass is 9.88. The second kappa shape index (κ2) is 5.79. The van der Waals surface area contributed by atoms with Crippen LogP contribution in [-0.4, -0.2) is 33.9 Å². The summed E-state index contributed by atoms with van der Waals surface area (Å²) in [7, 11) is 0. The van der Waals surface area contributed by atoms with Crippen molar-refractivity contribution in [2.24, 2.45) is 0 Å². The molecular weight excluding hydrogens is 312 g/mol. The number of ether oxygens (including phenoxy) is 1. The van der Waals surface area contributed by atoms with Gasteiger partial charge in [0.2, 0.25) is 5.91 Å².